The standard InChI is InChI=1S/C16H16ClN3O3S2/c1-9(21)20(13-2-3-13)15-18-19-16(25-15)24-7-11-5-12(17)4-10-6-22-8-23-14(10)11/h4-5,13H,2-3,6-8H2,1H3. The summed E-state index contributed by atoms with van der Waals surface area (Å²) in [5, 5.41) is 9.75. The first kappa shape index (κ1) is 17.1. The number of thioether (sulfide) groups is 1. The molecule has 1 amide bonds. The molecule has 132 valence electrons. The van der Waals surface area contributed by atoms with Crippen LogP contribution >= 0.6 is 34.7 Å². The van der Waals surface area contributed by atoms with E-state index >= 15 is 0 Å². The van der Waals surface area contributed by atoms with E-state index in [1.54, 1.807) is 23.6 Å². The summed E-state index contributed by atoms with van der Waals surface area (Å²) in [5.41, 5.74) is 1.97. The Hall–Kier alpha value is -1.35. The minimum Gasteiger partial charge on any atom is -0.467 e. The van der Waals surface area contributed by atoms with Gasteiger partial charge in [-0.25, -0.2) is 0 Å². The zero-order valence-corrected chi connectivity index (χ0v) is 15.9. The number of hydrogen-bond donors (Lipinski definition) is 0. The lowest BCUT2D eigenvalue weighted by Crippen LogP contribution is -2.30. The number of ether oxygens (including phenoxy) is 2. The third-order valence-corrected chi connectivity index (χ3v) is 6.28. The fourth-order valence-corrected chi connectivity index (χ4v) is 4.93. The van der Waals surface area contributed by atoms with Gasteiger partial charge < -0.3 is 9.47 Å². The van der Waals surface area contributed by atoms with Crippen molar-refractivity contribution in [2.45, 2.75) is 42.5 Å². The summed E-state index contributed by atoms with van der Waals surface area (Å²) >= 11 is 9.21. The lowest BCUT2D eigenvalue weighted by Gasteiger charge is -2.20. The average molecular weight is 398 g/mol. The summed E-state index contributed by atoms with van der Waals surface area (Å²) in [7, 11) is 0. The van der Waals surface area contributed by atoms with Crippen LogP contribution < -0.4 is 9.64 Å². The molecule has 2 aliphatic rings. The smallest absolute Gasteiger partial charge is 0.225 e. The zero-order chi connectivity index (χ0) is 17.4. The molecule has 1 aliphatic carbocycles. The van der Waals surface area contributed by atoms with E-state index in [2.05, 4.69) is 10.2 Å². The maximum Gasteiger partial charge on any atom is 0.225 e. The number of halogens is 1. The van der Waals surface area contributed by atoms with Gasteiger partial charge in [-0.3, -0.25) is 9.69 Å². The highest BCUT2D eigenvalue weighted by molar-refractivity contribution is 8.00. The molecule has 0 atom stereocenters. The number of amides is 1. The molecule has 9 heteroatoms. The first-order valence-corrected chi connectivity index (χ1v) is 10.1. The number of carbonyl (C=O) groups excluding carboxylic acids is 1. The van der Waals surface area contributed by atoms with E-state index in [1.165, 1.54) is 11.3 Å². The van der Waals surface area contributed by atoms with Gasteiger partial charge in [0.2, 0.25) is 11.0 Å². The minimum atomic E-state index is 0.0208. The molecule has 2 aromatic rings. The quantitative estimate of drug-likeness (QED) is 0.563. The lowest BCUT2D eigenvalue weighted by atomic mass is 10.1. The summed E-state index contributed by atoms with van der Waals surface area (Å²) in [6, 6.07) is 4.07. The SMILES string of the molecule is CC(=O)N(c1nnc(SCc2cc(Cl)cc3c2OCOC3)s1)C1CC1. The van der Waals surface area contributed by atoms with Crippen LogP contribution in [0.5, 0.6) is 5.75 Å². The second-order valence-corrected chi connectivity index (χ2v) is 8.54. The van der Waals surface area contributed by atoms with Crippen LogP contribution in [0.1, 0.15) is 30.9 Å². The second-order valence-electron chi connectivity index (χ2n) is 5.92. The van der Waals surface area contributed by atoms with Gasteiger partial charge >= 0.3 is 0 Å². The zero-order valence-electron chi connectivity index (χ0n) is 13.5. The molecule has 1 aromatic carbocycles. The van der Waals surface area contributed by atoms with E-state index in [1.807, 2.05) is 12.1 Å². The largest absolute Gasteiger partial charge is 0.467 e. The van der Waals surface area contributed by atoms with Crippen LogP contribution in [0, 0.1) is 0 Å². The number of hydrogen-bond acceptors (Lipinski definition) is 7. The number of nitrogens with zero attached hydrogens (tertiary/aromatic N) is 3. The Morgan fingerprint density at radius 2 is 2.28 bits per heavy atom. The second kappa shape index (κ2) is 7.11. The Kier molecular flexibility index (Phi) is 4.86. The summed E-state index contributed by atoms with van der Waals surface area (Å²) in [6.07, 6.45) is 2.07. The lowest BCUT2D eigenvalue weighted by molar-refractivity contribution is -0.116. The highest BCUT2D eigenvalue weighted by Gasteiger charge is 2.34. The van der Waals surface area contributed by atoms with Crippen LogP contribution in [-0.4, -0.2) is 28.9 Å². The Balaban J connectivity index is 1.49. The van der Waals surface area contributed by atoms with Gasteiger partial charge in [0.15, 0.2) is 11.1 Å². The highest BCUT2D eigenvalue weighted by atomic mass is 35.5. The molecule has 0 spiro atoms. The van der Waals surface area contributed by atoms with Crippen molar-refractivity contribution < 1.29 is 14.3 Å². The fourth-order valence-electron chi connectivity index (χ4n) is 2.74. The number of fused-ring (bicyclic) bond motifs is 1. The Bertz CT molecular complexity index is 810. The van der Waals surface area contributed by atoms with Crippen LogP contribution in [0.4, 0.5) is 5.13 Å². The molecule has 4 rings (SSSR count). The molecule has 0 radical (unpaired) electrons. The van der Waals surface area contributed by atoms with Crippen molar-refractivity contribution in [2.24, 2.45) is 0 Å². The van der Waals surface area contributed by atoms with Gasteiger partial charge in [0.05, 0.1) is 6.61 Å². The van der Waals surface area contributed by atoms with Crippen molar-refractivity contribution in [2.75, 3.05) is 11.7 Å². The summed E-state index contributed by atoms with van der Waals surface area (Å²) in [6.45, 7) is 2.33. The third-order valence-electron chi connectivity index (χ3n) is 3.96. The van der Waals surface area contributed by atoms with E-state index in [-0.39, 0.29) is 18.7 Å². The Morgan fingerprint density at radius 1 is 1.44 bits per heavy atom. The molecule has 0 unspecified atom stereocenters. The van der Waals surface area contributed by atoms with Gasteiger partial charge in [-0.15, -0.1) is 10.2 Å². The van der Waals surface area contributed by atoms with Crippen molar-refractivity contribution >= 4 is 45.7 Å². The summed E-state index contributed by atoms with van der Waals surface area (Å²) < 4.78 is 11.8. The third kappa shape index (κ3) is 3.76. The van der Waals surface area contributed by atoms with Crippen molar-refractivity contribution in [3.63, 3.8) is 0 Å². The van der Waals surface area contributed by atoms with Gasteiger partial charge in [0.1, 0.15) is 5.75 Å². The van der Waals surface area contributed by atoms with Crippen molar-refractivity contribution in [1.82, 2.24) is 10.2 Å². The number of benzene rings is 1. The van der Waals surface area contributed by atoms with Crippen molar-refractivity contribution in [3.8, 4) is 5.75 Å². The van der Waals surface area contributed by atoms with Gasteiger partial charge in [-0.1, -0.05) is 34.7 Å². The van der Waals surface area contributed by atoms with E-state index in [4.69, 9.17) is 21.1 Å². The maximum absolute atomic E-state index is 11.8. The van der Waals surface area contributed by atoms with Crippen molar-refractivity contribution in [3.05, 3.63) is 28.3 Å². The molecule has 1 fully saturated rings. The first-order valence-electron chi connectivity index (χ1n) is 7.90. The van der Waals surface area contributed by atoms with E-state index < -0.39 is 0 Å². The Morgan fingerprint density at radius 3 is 3.04 bits per heavy atom. The van der Waals surface area contributed by atoms with Gasteiger partial charge in [-0.05, 0) is 25.0 Å². The van der Waals surface area contributed by atoms with E-state index in [0.717, 1.165) is 34.1 Å². The predicted octanol–water partition coefficient (Wildman–Crippen LogP) is 3.87. The molecule has 0 bridgehead atoms. The Labute approximate surface area is 158 Å². The summed E-state index contributed by atoms with van der Waals surface area (Å²) in [5.74, 6) is 1.53. The van der Waals surface area contributed by atoms with Crippen LogP contribution in [0.25, 0.3) is 0 Å². The van der Waals surface area contributed by atoms with Crippen molar-refractivity contribution in [1.29, 1.82) is 0 Å². The number of aromatic nitrogens is 2. The minimum absolute atomic E-state index is 0.0208. The normalized spacial score (nSPS) is 16.2. The molecule has 6 nitrogen and oxygen atoms in total. The molecule has 1 aromatic heterocycles. The van der Waals surface area contributed by atoms with Gasteiger partial charge in [-0.2, -0.15) is 0 Å². The topological polar surface area (TPSA) is 64.6 Å². The monoisotopic (exact) mass is 397 g/mol. The maximum atomic E-state index is 11.8. The predicted molar refractivity (Wildman–Crippen MR) is 97.4 cm³/mol. The molecule has 2 heterocycles. The number of anilines is 1. The van der Waals surface area contributed by atoms with Crippen LogP contribution in [0.15, 0.2) is 16.5 Å². The van der Waals surface area contributed by atoms with Gasteiger partial charge in [0, 0.05) is 34.9 Å². The number of carbonyl (C=O) groups is 1. The van der Waals surface area contributed by atoms with Crippen LogP contribution in [0.2, 0.25) is 5.02 Å². The molecule has 0 N–H and O–H groups in total. The average Bonchev–Trinajstić information content (AvgIpc) is 3.30. The van der Waals surface area contributed by atoms with E-state index in [0.29, 0.717) is 22.5 Å². The molecule has 1 aliphatic heterocycles. The molecular formula is C16H16ClN3O3S2. The van der Waals surface area contributed by atoms with Gasteiger partial charge in [0.25, 0.3) is 0 Å². The molecular weight excluding hydrogens is 382 g/mol. The molecule has 1 saturated carbocycles. The summed E-state index contributed by atoms with van der Waals surface area (Å²) in [4.78, 5) is 13.6. The number of rotatable bonds is 5. The fraction of sp³-hybridized carbons (Fsp3) is 0.438. The van der Waals surface area contributed by atoms with Crippen LogP contribution in [0.3, 0.4) is 0 Å². The molecule has 0 saturated heterocycles. The highest BCUT2D eigenvalue weighted by Crippen LogP contribution is 2.39. The first-order chi connectivity index (χ1) is 12.1. The van der Waals surface area contributed by atoms with E-state index in [9.17, 15) is 4.79 Å². The van der Waals surface area contributed by atoms with Crippen LogP contribution in [-0.2, 0) is 21.9 Å². The molecule has 25 heavy (non-hydrogen) atoms.